The van der Waals surface area contributed by atoms with Crippen LogP contribution >= 0.6 is 11.3 Å². The van der Waals surface area contributed by atoms with Crippen LogP contribution in [0.25, 0.3) is 0 Å². The van der Waals surface area contributed by atoms with Crippen LogP contribution < -0.4 is 5.32 Å². The van der Waals surface area contributed by atoms with Crippen LogP contribution in [-0.2, 0) is 4.79 Å². The standard InChI is InChI=1S/C19H29N3O2S/c1-14(2)17(16-8-6-12-25-16)20-18(23)15-7-5-11-22(13-15)19(24)21-9-3-4-10-21/h6,8,12,14-15,17H,3-5,7,9-11,13H2,1-2H3,(H,20,23)/t15-,17+/m1/s1. The van der Waals surface area contributed by atoms with Crippen molar-refractivity contribution in [1.82, 2.24) is 15.1 Å². The van der Waals surface area contributed by atoms with Gasteiger partial charge in [0, 0.05) is 31.1 Å². The second-order valence-corrected chi connectivity index (χ2v) is 8.49. The fraction of sp³-hybridized carbons (Fsp3) is 0.684. The number of nitrogens with one attached hydrogen (secondary N) is 1. The summed E-state index contributed by atoms with van der Waals surface area (Å²) in [4.78, 5) is 30.5. The minimum atomic E-state index is -0.0958. The monoisotopic (exact) mass is 363 g/mol. The van der Waals surface area contributed by atoms with Crippen LogP contribution in [0.4, 0.5) is 4.79 Å². The molecule has 1 aromatic rings. The SMILES string of the molecule is CC(C)[C@H](NC(=O)[C@@H]1CCCN(C(=O)N2CCCC2)C1)c1cccs1. The average molecular weight is 364 g/mol. The van der Waals surface area contributed by atoms with Crippen LogP contribution in [0, 0.1) is 11.8 Å². The molecule has 6 heteroatoms. The molecule has 1 N–H and O–H groups in total. The third-order valence-electron chi connectivity index (χ3n) is 5.25. The van der Waals surface area contributed by atoms with Gasteiger partial charge in [-0.25, -0.2) is 4.79 Å². The molecular weight excluding hydrogens is 334 g/mol. The van der Waals surface area contributed by atoms with E-state index >= 15 is 0 Å². The molecule has 0 aliphatic carbocycles. The predicted octanol–water partition coefficient (Wildman–Crippen LogP) is 3.49. The Morgan fingerprint density at radius 2 is 1.88 bits per heavy atom. The van der Waals surface area contributed by atoms with Gasteiger partial charge in [-0.3, -0.25) is 4.79 Å². The zero-order chi connectivity index (χ0) is 17.8. The number of hydrogen-bond acceptors (Lipinski definition) is 3. The maximum atomic E-state index is 12.8. The van der Waals surface area contributed by atoms with Gasteiger partial charge < -0.3 is 15.1 Å². The van der Waals surface area contributed by atoms with Gasteiger partial charge >= 0.3 is 6.03 Å². The number of rotatable bonds is 4. The Morgan fingerprint density at radius 1 is 1.16 bits per heavy atom. The summed E-state index contributed by atoms with van der Waals surface area (Å²) in [5.74, 6) is 0.334. The van der Waals surface area contributed by atoms with E-state index < -0.39 is 0 Å². The fourth-order valence-corrected chi connectivity index (χ4v) is 4.73. The van der Waals surface area contributed by atoms with Crippen molar-refractivity contribution >= 4 is 23.3 Å². The largest absolute Gasteiger partial charge is 0.348 e. The Labute approximate surface area is 154 Å². The second kappa shape index (κ2) is 8.21. The van der Waals surface area contributed by atoms with E-state index in [0.29, 0.717) is 12.5 Å². The van der Waals surface area contributed by atoms with Gasteiger partial charge in [0.15, 0.2) is 0 Å². The zero-order valence-corrected chi connectivity index (χ0v) is 16.1. The number of carbonyl (C=O) groups excluding carboxylic acids is 2. The van der Waals surface area contributed by atoms with Crippen LogP contribution in [0.15, 0.2) is 17.5 Å². The summed E-state index contributed by atoms with van der Waals surface area (Å²) in [5.41, 5.74) is 0. The van der Waals surface area contributed by atoms with Gasteiger partial charge in [0.1, 0.15) is 0 Å². The zero-order valence-electron chi connectivity index (χ0n) is 15.2. The molecular formula is C19H29N3O2S. The van der Waals surface area contributed by atoms with Crippen LogP contribution in [0.2, 0.25) is 0 Å². The van der Waals surface area contributed by atoms with E-state index in [4.69, 9.17) is 0 Å². The fourth-order valence-electron chi connectivity index (χ4n) is 3.78. The second-order valence-electron chi connectivity index (χ2n) is 7.51. The Hall–Kier alpha value is -1.56. The highest BCUT2D eigenvalue weighted by Gasteiger charge is 2.32. The molecule has 5 nitrogen and oxygen atoms in total. The van der Waals surface area contributed by atoms with Crippen molar-refractivity contribution in [2.75, 3.05) is 26.2 Å². The molecule has 2 saturated heterocycles. The number of likely N-dealkylation sites (tertiary alicyclic amines) is 2. The van der Waals surface area contributed by atoms with E-state index in [1.165, 1.54) is 4.88 Å². The molecule has 2 atom stereocenters. The third kappa shape index (κ3) is 4.35. The van der Waals surface area contributed by atoms with E-state index in [1.54, 1.807) is 11.3 Å². The van der Waals surface area contributed by atoms with Crippen LogP contribution in [0.3, 0.4) is 0 Å². The number of carbonyl (C=O) groups is 2. The normalized spacial score (nSPS) is 22.3. The van der Waals surface area contributed by atoms with E-state index in [2.05, 4.69) is 25.2 Å². The molecule has 1 aromatic heterocycles. The molecule has 0 spiro atoms. The molecule has 2 aliphatic heterocycles. The molecule has 0 saturated carbocycles. The lowest BCUT2D eigenvalue weighted by atomic mass is 9.95. The molecule has 25 heavy (non-hydrogen) atoms. The minimum Gasteiger partial charge on any atom is -0.348 e. The van der Waals surface area contributed by atoms with Crippen molar-refractivity contribution < 1.29 is 9.59 Å². The molecule has 0 radical (unpaired) electrons. The first-order valence-corrected chi connectivity index (χ1v) is 10.3. The lowest BCUT2D eigenvalue weighted by molar-refractivity contribution is -0.127. The maximum absolute atomic E-state index is 12.8. The Kier molecular flexibility index (Phi) is 5.99. The number of piperidine rings is 1. The first-order chi connectivity index (χ1) is 12.1. The van der Waals surface area contributed by atoms with Crippen molar-refractivity contribution in [1.29, 1.82) is 0 Å². The van der Waals surface area contributed by atoms with Gasteiger partial charge in [-0.05, 0) is 43.0 Å². The molecule has 3 rings (SSSR count). The highest BCUT2D eigenvalue weighted by atomic mass is 32.1. The van der Waals surface area contributed by atoms with Gasteiger partial charge in [-0.2, -0.15) is 0 Å². The lowest BCUT2D eigenvalue weighted by Crippen LogP contribution is -2.50. The molecule has 0 bridgehead atoms. The number of hydrogen-bond donors (Lipinski definition) is 1. The summed E-state index contributed by atoms with van der Waals surface area (Å²) in [7, 11) is 0. The number of nitrogens with zero attached hydrogens (tertiary/aromatic N) is 2. The number of amides is 3. The highest BCUT2D eigenvalue weighted by Crippen LogP contribution is 2.27. The third-order valence-corrected chi connectivity index (χ3v) is 6.21. The van der Waals surface area contributed by atoms with Crippen molar-refractivity contribution in [3.05, 3.63) is 22.4 Å². The van der Waals surface area contributed by atoms with Crippen molar-refractivity contribution in [2.24, 2.45) is 11.8 Å². The summed E-state index contributed by atoms with van der Waals surface area (Å²) in [6, 6.07) is 4.28. The van der Waals surface area contributed by atoms with Gasteiger partial charge in [-0.1, -0.05) is 19.9 Å². The average Bonchev–Trinajstić information content (AvgIpc) is 3.32. The molecule has 2 fully saturated rings. The summed E-state index contributed by atoms with van der Waals surface area (Å²) in [6.07, 6.45) is 3.97. The van der Waals surface area contributed by atoms with Crippen LogP contribution in [0.1, 0.15) is 50.4 Å². The Bertz CT molecular complexity index is 581. The summed E-state index contributed by atoms with van der Waals surface area (Å²) in [6.45, 7) is 7.32. The van der Waals surface area contributed by atoms with Gasteiger partial charge in [0.25, 0.3) is 0 Å². The molecule has 0 aromatic carbocycles. The molecule has 3 amide bonds. The van der Waals surface area contributed by atoms with E-state index in [9.17, 15) is 9.59 Å². The summed E-state index contributed by atoms with van der Waals surface area (Å²) in [5, 5.41) is 5.29. The van der Waals surface area contributed by atoms with Gasteiger partial charge in [-0.15, -0.1) is 11.3 Å². The molecule has 138 valence electrons. The quantitative estimate of drug-likeness (QED) is 0.890. The lowest BCUT2D eigenvalue weighted by Gasteiger charge is -2.35. The first kappa shape index (κ1) is 18.2. The van der Waals surface area contributed by atoms with Crippen molar-refractivity contribution in [2.45, 2.75) is 45.6 Å². The first-order valence-electron chi connectivity index (χ1n) is 9.44. The molecule has 2 aliphatic rings. The molecule has 0 unspecified atom stereocenters. The maximum Gasteiger partial charge on any atom is 0.320 e. The highest BCUT2D eigenvalue weighted by molar-refractivity contribution is 7.10. The van der Waals surface area contributed by atoms with E-state index in [-0.39, 0.29) is 23.9 Å². The summed E-state index contributed by atoms with van der Waals surface area (Å²) >= 11 is 1.68. The van der Waals surface area contributed by atoms with E-state index in [1.807, 2.05) is 21.2 Å². The Balaban J connectivity index is 1.60. The number of urea groups is 1. The van der Waals surface area contributed by atoms with Crippen molar-refractivity contribution in [3.8, 4) is 0 Å². The smallest absolute Gasteiger partial charge is 0.320 e. The van der Waals surface area contributed by atoms with Gasteiger partial charge in [0.05, 0.1) is 12.0 Å². The molecule has 3 heterocycles. The van der Waals surface area contributed by atoms with Gasteiger partial charge in [0.2, 0.25) is 5.91 Å². The Morgan fingerprint density at radius 3 is 2.52 bits per heavy atom. The topological polar surface area (TPSA) is 52.7 Å². The van der Waals surface area contributed by atoms with Crippen molar-refractivity contribution in [3.63, 3.8) is 0 Å². The summed E-state index contributed by atoms with van der Waals surface area (Å²) < 4.78 is 0. The van der Waals surface area contributed by atoms with Crippen LogP contribution in [-0.4, -0.2) is 47.9 Å². The number of thiophene rings is 1. The minimum absolute atomic E-state index is 0.0529. The van der Waals surface area contributed by atoms with Crippen LogP contribution in [0.5, 0.6) is 0 Å². The predicted molar refractivity (Wildman–Crippen MR) is 101 cm³/mol. The van der Waals surface area contributed by atoms with E-state index in [0.717, 1.165) is 45.3 Å².